The average Bonchev–Trinajstić information content (AvgIpc) is 3.11. The highest BCUT2D eigenvalue weighted by Gasteiger charge is 2.44. The highest BCUT2D eigenvalue weighted by atomic mass is 28.4. The third kappa shape index (κ3) is 6.37. The molecular weight excluding hydrogens is 497 g/mol. The molecule has 0 N–H and O–H groups in total. The fourth-order valence-corrected chi connectivity index (χ4v) is 4.36. The van der Waals surface area contributed by atoms with E-state index in [1.54, 1.807) is 0 Å². The molecule has 12 heteroatoms. The van der Waals surface area contributed by atoms with Crippen molar-refractivity contribution in [3.63, 3.8) is 0 Å². The topological polar surface area (TPSA) is 88.8 Å². The summed E-state index contributed by atoms with van der Waals surface area (Å²) in [6, 6.07) is 0. The summed E-state index contributed by atoms with van der Waals surface area (Å²) in [6.45, 7) is 14.4. The van der Waals surface area contributed by atoms with Crippen LogP contribution in [0.15, 0.2) is 15.8 Å². The average molecular weight is 533 g/mol. The van der Waals surface area contributed by atoms with Gasteiger partial charge < -0.3 is 13.9 Å². The van der Waals surface area contributed by atoms with Crippen LogP contribution >= 0.6 is 0 Å². The minimum Gasteiger partial charge on any atom is -0.414 e. The molecule has 36 heavy (non-hydrogen) atoms. The monoisotopic (exact) mass is 532 g/mol. The number of alkyl halides is 3. The number of hydrogen-bond acceptors (Lipinski definition) is 6. The number of rotatable bonds is 6. The zero-order valence-corrected chi connectivity index (χ0v) is 23.0. The van der Waals surface area contributed by atoms with E-state index in [1.165, 1.54) is 20.8 Å². The van der Waals surface area contributed by atoms with Gasteiger partial charge in [-0.2, -0.15) is 17.7 Å². The molecule has 1 aliphatic heterocycles. The Balaban J connectivity index is 2.55. The number of carbonyl (C=O) groups is 1. The Morgan fingerprint density at radius 3 is 2.25 bits per heavy atom. The smallest absolute Gasteiger partial charge is 0.414 e. The third-order valence-corrected chi connectivity index (χ3v) is 11.1. The van der Waals surface area contributed by atoms with Crippen LogP contribution in [0.2, 0.25) is 18.1 Å². The van der Waals surface area contributed by atoms with Crippen molar-refractivity contribution in [2.45, 2.75) is 90.7 Å². The van der Waals surface area contributed by atoms with Crippen LogP contribution < -0.4 is 11.2 Å². The zero-order valence-electron chi connectivity index (χ0n) is 22.0. The number of carbonyl (C=O) groups excluding carboxylic acids is 1. The predicted octanol–water partition coefficient (Wildman–Crippen LogP) is 4.04. The maximum atomic E-state index is 13.7. The second kappa shape index (κ2) is 10.3. The van der Waals surface area contributed by atoms with E-state index in [2.05, 4.69) is 26.7 Å². The van der Waals surface area contributed by atoms with E-state index >= 15 is 0 Å². The van der Waals surface area contributed by atoms with Gasteiger partial charge >= 0.3 is 11.9 Å². The quantitative estimate of drug-likeness (QED) is 0.406. The van der Waals surface area contributed by atoms with E-state index in [1.807, 2.05) is 13.1 Å². The van der Waals surface area contributed by atoms with E-state index in [4.69, 9.17) is 20.3 Å². The van der Waals surface area contributed by atoms with Crippen LogP contribution in [0, 0.1) is 17.8 Å². The summed E-state index contributed by atoms with van der Waals surface area (Å²) >= 11 is 0. The Bertz CT molecular complexity index is 1140. The van der Waals surface area contributed by atoms with Crippen molar-refractivity contribution >= 4 is 14.2 Å². The Kier molecular flexibility index (Phi) is 8.57. The number of terminal acetylenes is 1. The Morgan fingerprint density at radius 2 is 1.78 bits per heavy atom. The SMILES string of the molecule is C#CCO[C@H]1C[C@H](n2cc(C(F)(F)F)c(=O)n(C(=O)C(C)(C)C)c2=O)O[C@@H]1CO[Si](C)(C)C(C)(C)C. The Labute approximate surface area is 209 Å². The van der Waals surface area contributed by atoms with Gasteiger partial charge in [0.25, 0.3) is 5.56 Å². The minimum atomic E-state index is -5.10. The van der Waals surface area contributed by atoms with Crippen LogP contribution in [0.5, 0.6) is 0 Å². The summed E-state index contributed by atoms with van der Waals surface area (Å²) in [6.07, 6.45) is -2.10. The molecular formula is C24H35F3N2O6Si. The van der Waals surface area contributed by atoms with Gasteiger partial charge in [-0.3, -0.25) is 14.2 Å². The first-order valence-electron chi connectivity index (χ1n) is 11.6. The molecule has 0 aliphatic carbocycles. The maximum Gasteiger partial charge on any atom is 0.423 e. The molecule has 2 heterocycles. The van der Waals surface area contributed by atoms with Crippen molar-refractivity contribution in [1.29, 1.82) is 0 Å². The first kappa shape index (κ1) is 30.0. The van der Waals surface area contributed by atoms with Gasteiger partial charge in [-0.25, -0.2) is 4.79 Å². The summed E-state index contributed by atoms with van der Waals surface area (Å²) in [4.78, 5) is 38.6. The molecule has 0 bridgehead atoms. The molecule has 1 aromatic rings. The van der Waals surface area contributed by atoms with Crippen LogP contribution in [0.3, 0.4) is 0 Å². The van der Waals surface area contributed by atoms with Gasteiger partial charge in [-0.1, -0.05) is 47.5 Å². The number of aromatic nitrogens is 2. The molecule has 1 aromatic heterocycles. The number of halogens is 3. The van der Waals surface area contributed by atoms with Crippen molar-refractivity contribution < 1.29 is 31.9 Å². The normalized spacial score (nSPS) is 21.4. The maximum absolute atomic E-state index is 13.7. The molecule has 0 saturated carbocycles. The first-order valence-corrected chi connectivity index (χ1v) is 14.5. The zero-order chi connectivity index (χ0) is 27.9. The van der Waals surface area contributed by atoms with Crippen molar-refractivity contribution in [1.82, 2.24) is 9.13 Å². The van der Waals surface area contributed by atoms with Gasteiger partial charge in [-0.15, -0.1) is 6.42 Å². The minimum absolute atomic E-state index is 0.0307. The summed E-state index contributed by atoms with van der Waals surface area (Å²) in [5.41, 5.74) is -5.89. The van der Waals surface area contributed by atoms with Gasteiger partial charge in [0.2, 0.25) is 5.91 Å². The standard InChI is InChI=1S/C24H35F3N2O6Si/c1-10-11-33-16-12-18(35-17(16)14-34-36(8,9)23(5,6)7)28-13-15(24(25,26)27)19(30)29(21(28)32)20(31)22(2,3)4/h1,13,16-18H,11-12,14H2,2-9H3/t16-,17+,18+/m0/s1. The highest BCUT2D eigenvalue weighted by molar-refractivity contribution is 6.74. The van der Waals surface area contributed by atoms with Crippen molar-refractivity contribution in [2.75, 3.05) is 13.2 Å². The van der Waals surface area contributed by atoms with Crippen LogP contribution in [-0.2, 0) is 20.1 Å². The van der Waals surface area contributed by atoms with E-state index in [-0.39, 0.29) is 29.2 Å². The molecule has 0 radical (unpaired) electrons. The van der Waals surface area contributed by atoms with Crippen LogP contribution in [0.4, 0.5) is 13.2 Å². The Morgan fingerprint density at radius 1 is 1.19 bits per heavy atom. The van der Waals surface area contributed by atoms with Gasteiger partial charge in [0.15, 0.2) is 8.32 Å². The lowest BCUT2D eigenvalue weighted by atomic mass is 9.95. The molecule has 1 aliphatic rings. The summed E-state index contributed by atoms with van der Waals surface area (Å²) < 4.78 is 59.7. The van der Waals surface area contributed by atoms with Crippen LogP contribution in [0.25, 0.3) is 0 Å². The summed E-state index contributed by atoms with van der Waals surface area (Å²) in [5.74, 6) is 1.28. The van der Waals surface area contributed by atoms with Gasteiger partial charge in [-0.05, 0) is 18.1 Å². The number of nitrogens with zero attached hydrogens (tertiary/aromatic N) is 2. The molecule has 0 unspecified atom stereocenters. The van der Waals surface area contributed by atoms with Gasteiger partial charge in [0.05, 0.1) is 12.7 Å². The molecule has 3 atom stereocenters. The molecule has 2 rings (SSSR count). The fourth-order valence-electron chi connectivity index (χ4n) is 3.35. The summed E-state index contributed by atoms with van der Waals surface area (Å²) in [5, 5.41) is -0.110. The molecule has 202 valence electrons. The van der Waals surface area contributed by atoms with E-state index in [9.17, 15) is 27.6 Å². The first-order chi connectivity index (χ1) is 16.2. The van der Waals surface area contributed by atoms with Crippen molar-refractivity contribution in [3.8, 4) is 12.3 Å². The van der Waals surface area contributed by atoms with E-state index < -0.39 is 61.1 Å². The lowest BCUT2D eigenvalue weighted by Gasteiger charge is -2.37. The van der Waals surface area contributed by atoms with Crippen molar-refractivity contribution in [3.05, 3.63) is 32.6 Å². The van der Waals surface area contributed by atoms with E-state index in [0.29, 0.717) is 10.8 Å². The van der Waals surface area contributed by atoms with E-state index in [0.717, 1.165) is 0 Å². The van der Waals surface area contributed by atoms with Gasteiger partial charge in [0, 0.05) is 18.0 Å². The number of hydrogen-bond donors (Lipinski definition) is 0. The second-order valence-electron chi connectivity index (χ2n) is 11.4. The highest BCUT2D eigenvalue weighted by Crippen LogP contribution is 2.38. The lowest BCUT2D eigenvalue weighted by Crippen LogP contribution is -2.50. The molecule has 0 amide bonds. The molecule has 1 saturated heterocycles. The largest absolute Gasteiger partial charge is 0.423 e. The Hall–Kier alpha value is -2.20. The van der Waals surface area contributed by atoms with Crippen molar-refractivity contribution in [2.24, 2.45) is 5.41 Å². The fraction of sp³-hybridized carbons (Fsp3) is 0.708. The molecule has 0 aromatic carbocycles. The van der Waals surface area contributed by atoms with Crippen LogP contribution in [-0.4, -0.2) is 48.8 Å². The summed E-state index contributed by atoms with van der Waals surface area (Å²) in [7, 11) is -2.21. The third-order valence-electron chi connectivity index (χ3n) is 6.55. The van der Waals surface area contributed by atoms with Crippen LogP contribution in [0.1, 0.15) is 64.5 Å². The van der Waals surface area contributed by atoms with Gasteiger partial charge in [0.1, 0.15) is 24.5 Å². The molecule has 1 fully saturated rings. The predicted molar refractivity (Wildman–Crippen MR) is 130 cm³/mol. The lowest BCUT2D eigenvalue weighted by molar-refractivity contribution is -0.139. The molecule has 8 nitrogen and oxygen atoms in total. The number of ether oxygens (including phenoxy) is 2. The molecule has 0 spiro atoms. The second-order valence-corrected chi connectivity index (χ2v) is 16.2.